The minimum Gasteiger partial charge on any atom is -0.0901 e. The Morgan fingerprint density at radius 3 is 0.384 bits per heavy atom. The van der Waals surface area contributed by atoms with E-state index in [2.05, 4.69) is 594 Å². The number of aryl methyl sites for hydroxylation is 4. The van der Waals surface area contributed by atoms with Gasteiger partial charge in [0.05, 0.1) is 54.5 Å². The number of hydrogen-bond donors (Lipinski definition) is 0. The lowest BCUT2D eigenvalue weighted by atomic mass is 9.87. The summed E-state index contributed by atoms with van der Waals surface area (Å²) in [4.78, 5) is 33.0. The van der Waals surface area contributed by atoms with Gasteiger partial charge in [0.1, 0.15) is 0 Å². The van der Waals surface area contributed by atoms with Crippen molar-refractivity contribution in [2.24, 2.45) is 0 Å². The third kappa shape index (κ3) is 29.0. The van der Waals surface area contributed by atoms with Crippen LogP contribution in [0.25, 0.3) is 0 Å². The van der Waals surface area contributed by atoms with Gasteiger partial charge in [-0.05, 0) is 342 Å². The molecule has 0 aromatic heterocycles. The molecule has 0 radical (unpaired) electrons. The predicted molar refractivity (Wildman–Crippen MR) is 598 cm³/mol. The van der Waals surface area contributed by atoms with E-state index < -0.39 is 0 Å². The lowest BCUT2D eigenvalue weighted by Crippen LogP contribution is -2.10. The summed E-state index contributed by atoms with van der Waals surface area (Å²) in [5.74, 6) is 0. The van der Waals surface area contributed by atoms with E-state index in [0.29, 0.717) is 0 Å². The Bertz CT molecular complexity index is 6850. The highest BCUT2D eigenvalue weighted by atomic mass is 32.2. The molecule has 2 atom stereocenters. The molecule has 0 aliphatic rings. The first-order chi connectivity index (χ1) is 67.7. The largest absolute Gasteiger partial charge is 0.166 e. The highest BCUT2D eigenvalue weighted by Crippen LogP contribution is 2.42. The monoisotopic (exact) mass is 1970 g/mol. The van der Waals surface area contributed by atoms with E-state index >= 15 is 0 Å². The van der Waals surface area contributed by atoms with E-state index in [1.807, 2.05) is 35.3 Å². The third-order valence-corrected chi connectivity index (χ3v) is 38.3. The molecule has 0 bridgehead atoms. The average molecular weight is 1970 g/mol. The Morgan fingerprint density at radius 2 is 0.232 bits per heavy atom. The fourth-order valence-corrected chi connectivity index (χ4v) is 29.5. The van der Waals surface area contributed by atoms with Crippen molar-refractivity contribution in [3.8, 4) is 0 Å². The summed E-state index contributed by atoms with van der Waals surface area (Å²) in [6, 6.07) is 197. The number of rotatable bonds is 25. The van der Waals surface area contributed by atoms with Crippen LogP contribution in [0.15, 0.2) is 668 Å². The Morgan fingerprint density at radius 1 is 0.123 bits per heavy atom. The molecular formula is C128H111S10+5. The summed E-state index contributed by atoms with van der Waals surface area (Å²) in [6.45, 7) is 15.3. The molecule has 20 aromatic carbocycles. The van der Waals surface area contributed by atoms with Crippen molar-refractivity contribution in [2.45, 2.75) is 176 Å². The summed E-state index contributed by atoms with van der Waals surface area (Å²) in [7, 11) is -0.429. The van der Waals surface area contributed by atoms with Crippen LogP contribution < -0.4 is 0 Å². The average Bonchev–Trinajstić information content (AvgIpc) is 0.820. The fourth-order valence-electron chi connectivity index (χ4n) is 15.0. The van der Waals surface area contributed by atoms with E-state index in [4.69, 9.17) is 0 Å². The standard InChI is InChI=1S/C28H27S2.C26H23S2.2C25H21S2.C24H19S2/c1-28(2,3)22-14-16-23(17-15-22)29-24-18-20-27(21-19-24)30(25-10-6-4-7-11-25)26-12-8-5-9-13-26;1-20-8-12-22(13-9-20)27-23-14-18-26(19-15-23)28(24-6-4-3-5-7-24)25-16-10-21(2)11-17-25;1-20-12-16-24(17-13-20)27(23-10-6-3-7-11-23)25-18-14-22(15-19-25)26-21-8-4-2-5-9-21;1-20-12-14-21(15-13-20)26-22-16-18-25(19-17-22)27(23-8-4-2-5-9-23)24-10-6-3-7-11-24;1-4-10-20(11-5-1)25-21-16-18-24(19-17-21)26(22-12-6-2-7-13-22)23-14-8-3-9-15-23/h4-21H,1-3H3;3-19H,1-2H3;2*2-19H,1H3;1-19H/q5*+1. The van der Waals surface area contributed by atoms with Gasteiger partial charge < -0.3 is 0 Å². The van der Waals surface area contributed by atoms with Crippen LogP contribution in [0.5, 0.6) is 0 Å². The summed E-state index contributed by atoms with van der Waals surface area (Å²) in [6.07, 6.45) is 0. The minimum atomic E-state index is -0.0917. The van der Waals surface area contributed by atoms with Crippen molar-refractivity contribution < 1.29 is 0 Å². The van der Waals surface area contributed by atoms with Crippen molar-refractivity contribution >= 4 is 113 Å². The molecule has 2 unspecified atom stereocenters. The molecular weight excluding hydrogens is 1860 g/mol. The van der Waals surface area contributed by atoms with Crippen molar-refractivity contribution in [2.75, 3.05) is 0 Å². The highest BCUT2D eigenvalue weighted by Gasteiger charge is 2.34. The van der Waals surface area contributed by atoms with Crippen LogP contribution >= 0.6 is 58.8 Å². The molecule has 0 spiro atoms. The Labute approximate surface area is 855 Å². The molecule has 0 saturated carbocycles. The summed E-state index contributed by atoms with van der Waals surface area (Å²) >= 11 is 9.05. The molecule has 0 fully saturated rings. The second-order valence-corrected chi connectivity index (χ2v) is 49.4. The first-order valence-corrected chi connectivity index (χ1v) is 56.4. The molecule has 678 valence electrons. The van der Waals surface area contributed by atoms with Gasteiger partial charge in [-0.3, -0.25) is 0 Å². The molecule has 20 rings (SSSR count). The van der Waals surface area contributed by atoms with Crippen molar-refractivity contribution in [3.05, 3.63) is 574 Å². The normalized spacial score (nSPS) is 11.4. The third-order valence-electron chi connectivity index (χ3n) is 22.1. The fraction of sp³-hybridized carbons (Fsp3) is 0.0625. The first-order valence-electron chi connectivity index (χ1n) is 46.2. The van der Waals surface area contributed by atoms with Crippen LogP contribution in [0.3, 0.4) is 0 Å². The van der Waals surface area contributed by atoms with Gasteiger partial charge in [0.25, 0.3) is 0 Å². The van der Waals surface area contributed by atoms with Gasteiger partial charge in [-0.2, -0.15) is 0 Å². The molecule has 0 aliphatic carbocycles. The topological polar surface area (TPSA) is 0 Å². The van der Waals surface area contributed by atoms with Crippen LogP contribution in [0.4, 0.5) is 0 Å². The van der Waals surface area contributed by atoms with Crippen LogP contribution in [0.1, 0.15) is 48.6 Å². The van der Waals surface area contributed by atoms with Gasteiger partial charge >= 0.3 is 0 Å². The van der Waals surface area contributed by atoms with Crippen LogP contribution in [-0.4, -0.2) is 0 Å². The maximum Gasteiger partial charge on any atom is 0.166 e. The predicted octanol–water partition coefficient (Wildman–Crippen LogP) is 37.2. The second-order valence-electron chi connectivity index (χ2n) is 33.6. The molecule has 20 aromatic rings. The van der Waals surface area contributed by atoms with Gasteiger partial charge in [-0.25, -0.2) is 0 Å². The molecule has 0 saturated heterocycles. The maximum absolute atomic E-state index is 2.29. The van der Waals surface area contributed by atoms with Crippen molar-refractivity contribution in [3.63, 3.8) is 0 Å². The van der Waals surface area contributed by atoms with Gasteiger partial charge in [-0.15, -0.1) is 0 Å². The zero-order valence-corrected chi connectivity index (χ0v) is 86.7. The molecule has 0 N–H and O–H groups in total. The van der Waals surface area contributed by atoms with Gasteiger partial charge in [0.2, 0.25) is 0 Å². The van der Waals surface area contributed by atoms with Crippen molar-refractivity contribution in [1.29, 1.82) is 0 Å². The number of hydrogen-bond acceptors (Lipinski definition) is 5. The summed E-state index contributed by atoms with van der Waals surface area (Å²) < 4.78 is 0. The van der Waals surface area contributed by atoms with E-state index in [0.717, 1.165) is 0 Å². The van der Waals surface area contributed by atoms with Gasteiger partial charge in [-0.1, -0.05) is 344 Å². The summed E-state index contributed by atoms with van der Waals surface area (Å²) in [5, 5.41) is 0. The van der Waals surface area contributed by atoms with Gasteiger partial charge in [0, 0.05) is 49.0 Å². The smallest absolute Gasteiger partial charge is 0.0901 e. The lowest BCUT2D eigenvalue weighted by Gasteiger charge is -2.19. The van der Waals surface area contributed by atoms with Crippen LogP contribution in [0, 0.1) is 27.7 Å². The Kier molecular flexibility index (Phi) is 36.6. The van der Waals surface area contributed by atoms with Crippen molar-refractivity contribution in [1.82, 2.24) is 0 Å². The van der Waals surface area contributed by atoms with E-state index in [1.165, 1.54) is 150 Å². The van der Waals surface area contributed by atoms with Crippen LogP contribution in [0.2, 0.25) is 0 Å². The van der Waals surface area contributed by atoms with Gasteiger partial charge in [0.15, 0.2) is 73.4 Å². The Balaban J connectivity index is 0.000000125. The SMILES string of the molecule is CC(C)(C)c1ccc(Sc2ccc([S+](c3ccccc3)c3ccccc3)cc2)cc1.Cc1ccc(Sc2ccc([S+](c3ccccc3)c3ccc(C)cc3)cc2)cc1.Cc1ccc(Sc2ccc([S+](c3ccccc3)c3ccccc3)cc2)cc1.Cc1ccc([S+](c2ccccc2)c2ccc(Sc3ccccc3)cc2)cc1.c1ccc(Sc2ccc([S+](c3ccccc3)c3ccccc3)cc2)cc1. The van der Waals surface area contributed by atoms with E-state index in [1.54, 1.807) is 23.5 Å². The molecule has 138 heavy (non-hydrogen) atoms. The molecule has 0 heterocycles. The lowest BCUT2D eigenvalue weighted by molar-refractivity contribution is 0.590. The zero-order chi connectivity index (χ0) is 94.9. The zero-order valence-electron chi connectivity index (χ0n) is 78.5. The Hall–Kier alpha value is -12.1. The molecule has 0 amide bonds. The van der Waals surface area contributed by atoms with Crippen LogP contribution in [-0.2, 0) is 59.9 Å². The maximum atomic E-state index is 2.29. The second kappa shape index (κ2) is 51.0. The van der Waals surface area contributed by atoms with E-state index in [-0.39, 0.29) is 59.9 Å². The summed E-state index contributed by atoms with van der Waals surface area (Å²) in [5.41, 5.74) is 6.75. The van der Waals surface area contributed by atoms with E-state index in [9.17, 15) is 0 Å². The first kappa shape index (κ1) is 98.9. The minimum absolute atomic E-state index is 0.0786. The molecule has 0 nitrogen and oxygen atoms in total. The molecule has 0 aliphatic heterocycles. The number of benzene rings is 20. The quantitative estimate of drug-likeness (QED) is 0.0522. The molecule has 10 heteroatoms. The highest BCUT2D eigenvalue weighted by molar-refractivity contribution is 8.01.